The van der Waals surface area contributed by atoms with Gasteiger partial charge in [-0.25, -0.2) is 4.98 Å². The topological polar surface area (TPSA) is 48.9 Å². The number of benzene rings is 2. The first-order valence-corrected chi connectivity index (χ1v) is 8.61. The Morgan fingerprint density at radius 1 is 1.00 bits per heavy atom. The minimum Gasteiger partial charge on any atom is -0.507 e. The minimum atomic E-state index is -0.175. The van der Waals surface area contributed by atoms with Crippen LogP contribution in [-0.2, 0) is 10.8 Å². The number of nitrogens with zero attached hydrogens (tertiary/aromatic N) is 1. The zero-order valence-electron chi connectivity index (χ0n) is 15.9. The number of phenolic OH excluding ortho intramolecular Hbond substituents is 1. The van der Waals surface area contributed by atoms with Crippen molar-refractivity contribution in [1.29, 1.82) is 0 Å². The summed E-state index contributed by atoms with van der Waals surface area (Å²) in [5, 5.41) is 11.0. The van der Waals surface area contributed by atoms with Gasteiger partial charge in [0.1, 0.15) is 19.4 Å². The van der Waals surface area contributed by atoms with Gasteiger partial charge in [-0.1, -0.05) is 65.2 Å². The Balaban J connectivity index is 2.32. The third-order valence-electron chi connectivity index (χ3n) is 4.58. The number of aromatic amines is 1. The molecule has 3 rings (SSSR count). The van der Waals surface area contributed by atoms with E-state index in [1.807, 2.05) is 24.3 Å². The predicted octanol–water partition coefficient (Wildman–Crippen LogP) is 4.32. The molecule has 0 bridgehead atoms. The quantitative estimate of drug-likeness (QED) is 0.652. The van der Waals surface area contributed by atoms with Crippen LogP contribution < -0.4 is 5.46 Å². The van der Waals surface area contributed by atoms with E-state index in [9.17, 15) is 5.11 Å². The van der Waals surface area contributed by atoms with Crippen LogP contribution in [0.4, 0.5) is 0 Å². The predicted molar refractivity (Wildman–Crippen MR) is 106 cm³/mol. The van der Waals surface area contributed by atoms with Crippen molar-refractivity contribution in [1.82, 2.24) is 9.97 Å². The molecule has 0 saturated carbocycles. The molecule has 0 amide bonds. The second-order valence-corrected chi connectivity index (χ2v) is 8.75. The molecular formula is C21H25BN2O. The molecule has 128 valence electrons. The maximum atomic E-state index is 11.0. The number of para-hydroxylation sites is 1. The zero-order valence-corrected chi connectivity index (χ0v) is 15.9. The van der Waals surface area contributed by atoms with Gasteiger partial charge in [-0.2, -0.15) is 0 Å². The number of aromatic hydroxyl groups is 1. The number of phenols is 1. The lowest BCUT2D eigenvalue weighted by atomic mass is 9.79. The van der Waals surface area contributed by atoms with Crippen LogP contribution in [0.25, 0.3) is 22.4 Å². The van der Waals surface area contributed by atoms with Crippen molar-refractivity contribution in [2.75, 3.05) is 0 Å². The maximum absolute atomic E-state index is 11.0. The van der Waals surface area contributed by atoms with Gasteiger partial charge in [-0.05, 0) is 28.5 Å². The summed E-state index contributed by atoms with van der Waals surface area (Å²) in [4.78, 5) is 7.95. The Labute approximate surface area is 150 Å². The van der Waals surface area contributed by atoms with Gasteiger partial charge in [0.2, 0.25) is 0 Å². The SMILES string of the molecule is [B]c1cccc2[nH]c(-c3cc(C(C)(C)C)cc(C(C)(C)C)c3O)nc12. The first-order valence-electron chi connectivity index (χ1n) is 8.61. The number of nitrogens with one attached hydrogen (secondary N) is 1. The largest absolute Gasteiger partial charge is 0.507 e. The Kier molecular flexibility index (Phi) is 3.98. The van der Waals surface area contributed by atoms with Crippen LogP contribution in [0.1, 0.15) is 52.7 Å². The number of rotatable bonds is 1. The highest BCUT2D eigenvalue weighted by atomic mass is 16.3. The normalized spacial score (nSPS) is 12.7. The van der Waals surface area contributed by atoms with Gasteiger partial charge in [0.05, 0.1) is 16.6 Å². The summed E-state index contributed by atoms with van der Waals surface area (Å²) in [6.45, 7) is 12.8. The van der Waals surface area contributed by atoms with E-state index in [2.05, 4.69) is 57.6 Å². The molecule has 0 aliphatic rings. The highest BCUT2D eigenvalue weighted by Crippen LogP contribution is 2.41. The molecule has 0 atom stereocenters. The highest BCUT2D eigenvalue weighted by molar-refractivity contribution is 6.38. The number of imidazole rings is 1. The smallest absolute Gasteiger partial charge is 0.142 e. The van der Waals surface area contributed by atoms with E-state index >= 15 is 0 Å². The second-order valence-electron chi connectivity index (χ2n) is 8.75. The summed E-state index contributed by atoms with van der Waals surface area (Å²) in [7, 11) is 6.04. The van der Waals surface area contributed by atoms with Crippen molar-refractivity contribution in [3.63, 3.8) is 0 Å². The lowest BCUT2D eigenvalue weighted by molar-refractivity contribution is 0.446. The van der Waals surface area contributed by atoms with Crippen LogP contribution >= 0.6 is 0 Å². The molecule has 0 fully saturated rings. The van der Waals surface area contributed by atoms with Gasteiger partial charge < -0.3 is 10.1 Å². The van der Waals surface area contributed by atoms with Crippen LogP contribution in [0.15, 0.2) is 30.3 Å². The molecule has 1 aromatic heterocycles. The van der Waals surface area contributed by atoms with Crippen LogP contribution in [0, 0.1) is 0 Å². The lowest BCUT2D eigenvalue weighted by Crippen LogP contribution is -2.17. The van der Waals surface area contributed by atoms with E-state index in [1.54, 1.807) is 0 Å². The fourth-order valence-corrected chi connectivity index (χ4v) is 3.00. The van der Waals surface area contributed by atoms with E-state index in [0.717, 1.165) is 16.6 Å². The molecule has 3 nitrogen and oxygen atoms in total. The summed E-state index contributed by atoms with van der Waals surface area (Å²) >= 11 is 0. The zero-order chi connectivity index (χ0) is 18.6. The van der Waals surface area contributed by atoms with Gasteiger partial charge in [-0.15, -0.1) is 0 Å². The molecule has 0 saturated heterocycles. The van der Waals surface area contributed by atoms with E-state index in [0.29, 0.717) is 16.9 Å². The van der Waals surface area contributed by atoms with Crippen molar-refractivity contribution in [3.05, 3.63) is 41.5 Å². The molecule has 2 radical (unpaired) electrons. The average molecular weight is 332 g/mol. The monoisotopic (exact) mass is 332 g/mol. The molecule has 1 heterocycles. The summed E-state index contributed by atoms with van der Waals surface area (Å²) in [5.74, 6) is 0.917. The number of hydrogen-bond acceptors (Lipinski definition) is 2. The van der Waals surface area contributed by atoms with Crippen molar-refractivity contribution in [3.8, 4) is 17.1 Å². The molecule has 25 heavy (non-hydrogen) atoms. The molecule has 0 aliphatic heterocycles. The van der Waals surface area contributed by atoms with E-state index in [-0.39, 0.29) is 16.6 Å². The van der Waals surface area contributed by atoms with Gasteiger partial charge in [0, 0.05) is 5.56 Å². The maximum Gasteiger partial charge on any atom is 0.142 e. The number of fused-ring (bicyclic) bond motifs is 1. The van der Waals surface area contributed by atoms with Crippen LogP contribution in [0.3, 0.4) is 0 Å². The molecular weight excluding hydrogens is 307 g/mol. The minimum absolute atomic E-state index is 0.0342. The summed E-state index contributed by atoms with van der Waals surface area (Å²) < 4.78 is 0. The van der Waals surface area contributed by atoms with Gasteiger partial charge in [0.15, 0.2) is 0 Å². The Morgan fingerprint density at radius 2 is 1.68 bits per heavy atom. The molecule has 2 aromatic carbocycles. The van der Waals surface area contributed by atoms with E-state index in [1.165, 1.54) is 5.56 Å². The molecule has 0 aliphatic carbocycles. The standard InChI is InChI=1S/C21H25BN2O/c1-20(2,3)12-10-13(18(25)14(11-12)21(4,5)6)19-23-16-9-7-8-15(22)17(16)24-19/h7-11,25H,1-6H3,(H,23,24). The second kappa shape index (κ2) is 5.65. The van der Waals surface area contributed by atoms with E-state index in [4.69, 9.17) is 7.85 Å². The van der Waals surface area contributed by atoms with Crippen LogP contribution in [0.2, 0.25) is 0 Å². The summed E-state index contributed by atoms with van der Waals surface area (Å²) in [6, 6.07) is 9.80. The molecule has 4 heteroatoms. The number of H-pyrrole nitrogens is 1. The van der Waals surface area contributed by atoms with Crippen molar-refractivity contribution < 1.29 is 5.11 Å². The Bertz CT molecular complexity index is 943. The lowest BCUT2D eigenvalue weighted by Gasteiger charge is -2.27. The molecule has 0 unspecified atom stereocenters. The van der Waals surface area contributed by atoms with Gasteiger partial charge in [-0.3, -0.25) is 0 Å². The van der Waals surface area contributed by atoms with Gasteiger partial charge >= 0.3 is 0 Å². The third kappa shape index (κ3) is 3.18. The first-order chi connectivity index (χ1) is 11.5. The number of aromatic nitrogens is 2. The van der Waals surface area contributed by atoms with Crippen molar-refractivity contribution >= 4 is 24.3 Å². The van der Waals surface area contributed by atoms with Crippen molar-refractivity contribution in [2.45, 2.75) is 52.4 Å². The fraction of sp³-hybridized carbons (Fsp3) is 0.381. The van der Waals surface area contributed by atoms with Gasteiger partial charge in [0.25, 0.3) is 0 Å². The average Bonchev–Trinajstić information content (AvgIpc) is 2.90. The van der Waals surface area contributed by atoms with Crippen molar-refractivity contribution in [2.24, 2.45) is 0 Å². The third-order valence-corrected chi connectivity index (χ3v) is 4.58. The van der Waals surface area contributed by atoms with E-state index < -0.39 is 0 Å². The Hall–Kier alpha value is -2.23. The van der Waals surface area contributed by atoms with Crippen LogP contribution in [0.5, 0.6) is 5.75 Å². The Morgan fingerprint density at radius 3 is 2.24 bits per heavy atom. The summed E-state index contributed by atoms with van der Waals surface area (Å²) in [5.41, 5.74) is 4.82. The first kappa shape index (κ1) is 17.6. The highest BCUT2D eigenvalue weighted by Gasteiger charge is 2.26. The summed E-state index contributed by atoms with van der Waals surface area (Å²) in [6.07, 6.45) is 0. The molecule has 0 spiro atoms. The molecule has 3 aromatic rings. The number of hydrogen-bond donors (Lipinski definition) is 2. The molecule has 2 N–H and O–H groups in total. The fourth-order valence-electron chi connectivity index (χ4n) is 3.00. The van der Waals surface area contributed by atoms with Crippen LogP contribution in [-0.4, -0.2) is 22.9 Å².